The number of nitrogens with one attached hydrogen (secondary N) is 1. The summed E-state index contributed by atoms with van der Waals surface area (Å²) < 4.78 is 0. The molecule has 0 heterocycles. The van der Waals surface area contributed by atoms with Crippen LogP contribution in [0.15, 0.2) is 24.3 Å². The van der Waals surface area contributed by atoms with Gasteiger partial charge in [-0.2, -0.15) is 0 Å². The summed E-state index contributed by atoms with van der Waals surface area (Å²) in [6.45, 7) is 5.06. The molecule has 0 aliphatic carbocycles. The van der Waals surface area contributed by atoms with E-state index in [0.717, 1.165) is 30.8 Å². The van der Waals surface area contributed by atoms with Gasteiger partial charge in [0.25, 0.3) is 0 Å². The van der Waals surface area contributed by atoms with Crippen LogP contribution in [0.5, 0.6) is 0 Å². The zero-order valence-electron chi connectivity index (χ0n) is 10.6. The SMILES string of the molecule is CC#CCCC(NCCC)c1ccccc1Cl. The molecule has 2 heteroatoms. The first-order chi connectivity index (χ1) is 8.29. The Morgan fingerprint density at radius 1 is 1.35 bits per heavy atom. The third kappa shape index (κ3) is 4.81. The quantitative estimate of drug-likeness (QED) is 0.746. The molecule has 17 heavy (non-hydrogen) atoms. The first-order valence-electron chi connectivity index (χ1n) is 6.17. The minimum Gasteiger partial charge on any atom is -0.310 e. The Hall–Kier alpha value is -0.970. The maximum Gasteiger partial charge on any atom is 0.0453 e. The molecule has 1 rings (SSSR count). The van der Waals surface area contributed by atoms with Gasteiger partial charge >= 0.3 is 0 Å². The van der Waals surface area contributed by atoms with Crippen molar-refractivity contribution in [3.63, 3.8) is 0 Å². The molecule has 1 unspecified atom stereocenters. The van der Waals surface area contributed by atoms with E-state index < -0.39 is 0 Å². The van der Waals surface area contributed by atoms with Crippen LogP contribution >= 0.6 is 11.6 Å². The summed E-state index contributed by atoms with van der Waals surface area (Å²) in [5, 5.41) is 4.37. The molecule has 0 aliphatic heterocycles. The lowest BCUT2D eigenvalue weighted by atomic mass is 10.0. The summed E-state index contributed by atoms with van der Waals surface area (Å²) in [7, 11) is 0. The molecule has 1 aromatic carbocycles. The number of rotatable bonds is 6. The standard InChI is InChI=1S/C15H20ClN/c1-3-5-6-11-15(17-12-4-2)13-9-7-8-10-14(13)16/h7-10,15,17H,4,6,11-12H2,1-2H3. The number of hydrogen-bond acceptors (Lipinski definition) is 1. The van der Waals surface area contributed by atoms with Crippen molar-refractivity contribution < 1.29 is 0 Å². The molecule has 0 saturated carbocycles. The van der Waals surface area contributed by atoms with Gasteiger partial charge in [0.05, 0.1) is 0 Å². The van der Waals surface area contributed by atoms with Gasteiger partial charge < -0.3 is 5.32 Å². The molecule has 0 bridgehead atoms. The van der Waals surface area contributed by atoms with Crippen LogP contribution in [-0.4, -0.2) is 6.54 Å². The highest BCUT2D eigenvalue weighted by atomic mass is 35.5. The van der Waals surface area contributed by atoms with Gasteiger partial charge in [0.1, 0.15) is 0 Å². The van der Waals surface area contributed by atoms with Gasteiger partial charge in [-0.1, -0.05) is 36.7 Å². The van der Waals surface area contributed by atoms with E-state index in [1.54, 1.807) is 0 Å². The largest absolute Gasteiger partial charge is 0.310 e. The first kappa shape index (κ1) is 14.1. The molecule has 0 radical (unpaired) electrons. The monoisotopic (exact) mass is 249 g/mol. The highest BCUT2D eigenvalue weighted by molar-refractivity contribution is 6.31. The fourth-order valence-electron chi connectivity index (χ4n) is 1.79. The van der Waals surface area contributed by atoms with Crippen LogP contribution in [-0.2, 0) is 0 Å². The zero-order valence-corrected chi connectivity index (χ0v) is 11.3. The van der Waals surface area contributed by atoms with Crippen LogP contribution in [0.2, 0.25) is 5.02 Å². The Kier molecular flexibility index (Phi) is 6.77. The normalized spacial score (nSPS) is 11.7. The van der Waals surface area contributed by atoms with Crippen LogP contribution in [0, 0.1) is 11.8 Å². The Balaban J connectivity index is 2.73. The van der Waals surface area contributed by atoms with Gasteiger partial charge in [-0.3, -0.25) is 0 Å². The molecule has 0 fully saturated rings. The van der Waals surface area contributed by atoms with Gasteiger partial charge in [0.15, 0.2) is 0 Å². The van der Waals surface area contributed by atoms with E-state index in [0.29, 0.717) is 6.04 Å². The van der Waals surface area contributed by atoms with Crippen LogP contribution in [0.3, 0.4) is 0 Å². The average molecular weight is 250 g/mol. The summed E-state index contributed by atoms with van der Waals surface area (Å²) in [5.41, 5.74) is 1.18. The molecule has 1 aromatic rings. The topological polar surface area (TPSA) is 12.0 Å². The molecule has 92 valence electrons. The van der Waals surface area contributed by atoms with Crippen molar-refractivity contribution in [2.45, 2.75) is 39.2 Å². The van der Waals surface area contributed by atoms with E-state index in [4.69, 9.17) is 11.6 Å². The first-order valence-corrected chi connectivity index (χ1v) is 6.54. The van der Waals surface area contributed by atoms with Crippen molar-refractivity contribution in [3.05, 3.63) is 34.9 Å². The Bertz CT molecular complexity index is 389. The second kappa shape index (κ2) is 8.17. The molecular formula is C15H20ClN. The highest BCUT2D eigenvalue weighted by Gasteiger charge is 2.12. The van der Waals surface area contributed by atoms with E-state index in [-0.39, 0.29) is 0 Å². The zero-order chi connectivity index (χ0) is 12.5. The Morgan fingerprint density at radius 2 is 2.12 bits per heavy atom. The number of hydrogen-bond donors (Lipinski definition) is 1. The fraction of sp³-hybridized carbons (Fsp3) is 0.467. The predicted octanol–water partition coefficient (Wildman–Crippen LogP) is 4.18. The molecule has 1 N–H and O–H groups in total. The summed E-state index contributed by atoms with van der Waals surface area (Å²) in [4.78, 5) is 0. The highest BCUT2D eigenvalue weighted by Crippen LogP contribution is 2.25. The van der Waals surface area contributed by atoms with Crippen molar-refractivity contribution in [1.82, 2.24) is 5.32 Å². The maximum absolute atomic E-state index is 6.23. The molecule has 0 spiro atoms. The second-order valence-corrected chi connectivity index (χ2v) is 4.40. The van der Waals surface area contributed by atoms with E-state index in [9.17, 15) is 0 Å². The van der Waals surface area contributed by atoms with Crippen molar-refractivity contribution in [3.8, 4) is 11.8 Å². The minimum atomic E-state index is 0.310. The van der Waals surface area contributed by atoms with Crippen LogP contribution < -0.4 is 5.32 Å². The van der Waals surface area contributed by atoms with Gasteiger partial charge in [0.2, 0.25) is 0 Å². The van der Waals surface area contributed by atoms with Crippen molar-refractivity contribution in [2.75, 3.05) is 6.54 Å². The van der Waals surface area contributed by atoms with Gasteiger partial charge in [-0.15, -0.1) is 11.8 Å². The van der Waals surface area contributed by atoms with E-state index in [1.807, 2.05) is 25.1 Å². The lowest BCUT2D eigenvalue weighted by molar-refractivity contribution is 0.505. The molecule has 0 saturated heterocycles. The molecular weight excluding hydrogens is 230 g/mol. The van der Waals surface area contributed by atoms with Crippen LogP contribution in [0.4, 0.5) is 0 Å². The minimum absolute atomic E-state index is 0.310. The number of halogens is 1. The summed E-state index contributed by atoms with van der Waals surface area (Å²) >= 11 is 6.23. The molecule has 1 nitrogen and oxygen atoms in total. The second-order valence-electron chi connectivity index (χ2n) is 3.99. The van der Waals surface area contributed by atoms with Gasteiger partial charge in [0, 0.05) is 17.5 Å². The van der Waals surface area contributed by atoms with Gasteiger partial charge in [-0.05, 0) is 37.9 Å². The third-order valence-corrected chi connectivity index (χ3v) is 3.00. The summed E-state index contributed by atoms with van der Waals surface area (Å²) in [5.74, 6) is 6.05. The summed E-state index contributed by atoms with van der Waals surface area (Å²) in [6.07, 6.45) is 3.04. The lowest BCUT2D eigenvalue weighted by Crippen LogP contribution is -2.22. The smallest absolute Gasteiger partial charge is 0.0453 e. The van der Waals surface area contributed by atoms with E-state index >= 15 is 0 Å². The van der Waals surface area contributed by atoms with Gasteiger partial charge in [-0.25, -0.2) is 0 Å². The van der Waals surface area contributed by atoms with Crippen molar-refractivity contribution in [2.24, 2.45) is 0 Å². The van der Waals surface area contributed by atoms with Crippen molar-refractivity contribution >= 4 is 11.6 Å². The number of benzene rings is 1. The third-order valence-electron chi connectivity index (χ3n) is 2.66. The van der Waals surface area contributed by atoms with Crippen LogP contribution in [0.25, 0.3) is 0 Å². The molecule has 0 aromatic heterocycles. The van der Waals surface area contributed by atoms with Crippen LogP contribution in [0.1, 0.15) is 44.7 Å². The predicted molar refractivity (Wildman–Crippen MR) is 75.2 cm³/mol. The molecule has 1 atom stereocenters. The average Bonchev–Trinajstić information content (AvgIpc) is 2.35. The molecule has 0 amide bonds. The fourth-order valence-corrected chi connectivity index (χ4v) is 2.05. The summed E-state index contributed by atoms with van der Waals surface area (Å²) in [6, 6.07) is 8.35. The Morgan fingerprint density at radius 3 is 2.76 bits per heavy atom. The van der Waals surface area contributed by atoms with E-state index in [2.05, 4.69) is 30.1 Å². The van der Waals surface area contributed by atoms with Crippen molar-refractivity contribution in [1.29, 1.82) is 0 Å². The lowest BCUT2D eigenvalue weighted by Gasteiger charge is -2.19. The maximum atomic E-state index is 6.23. The molecule has 0 aliphatic rings. The van der Waals surface area contributed by atoms with E-state index in [1.165, 1.54) is 5.56 Å². The Labute approximate surface area is 110 Å².